The van der Waals surface area contributed by atoms with Gasteiger partial charge in [-0.2, -0.15) is 0 Å². The molecule has 7 nitrogen and oxygen atoms in total. The highest BCUT2D eigenvalue weighted by Gasteiger charge is 2.18. The molecule has 32 heavy (non-hydrogen) atoms. The van der Waals surface area contributed by atoms with Gasteiger partial charge in [-0.25, -0.2) is 4.79 Å². The molecule has 7 heteroatoms. The molecular weight excluding hydrogens is 406 g/mol. The molecule has 0 aliphatic heterocycles. The smallest absolute Gasteiger partial charge is 0.338 e. The van der Waals surface area contributed by atoms with Gasteiger partial charge in [-0.05, 0) is 74.4 Å². The second-order valence-corrected chi connectivity index (χ2v) is 8.22. The number of benzene rings is 2. The van der Waals surface area contributed by atoms with Crippen LogP contribution in [0.15, 0.2) is 36.4 Å². The topological polar surface area (TPSA) is 100 Å². The zero-order chi connectivity index (χ0) is 22.7. The number of anilines is 1. The summed E-state index contributed by atoms with van der Waals surface area (Å²) in [5.41, 5.74) is 6.56. The number of aryl methyl sites for hydroxylation is 4. The monoisotopic (exact) mass is 433 g/mol. The van der Waals surface area contributed by atoms with E-state index in [4.69, 9.17) is 4.74 Å². The van der Waals surface area contributed by atoms with Crippen LogP contribution in [0.25, 0.3) is 10.9 Å². The van der Waals surface area contributed by atoms with E-state index in [1.54, 1.807) is 6.07 Å². The van der Waals surface area contributed by atoms with Gasteiger partial charge < -0.3 is 20.4 Å². The van der Waals surface area contributed by atoms with Crippen LogP contribution in [0.5, 0.6) is 0 Å². The number of hydrogen-bond acceptors (Lipinski definition) is 4. The molecule has 0 radical (unpaired) electrons. The van der Waals surface area contributed by atoms with E-state index in [-0.39, 0.29) is 12.5 Å². The molecule has 0 bridgehead atoms. The summed E-state index contributed by atoms with van der Waals surface area (Å²) in [6.45, 7) is 3.16. The van der Waals surface area contributed by atoms with Crippen molar-refractivity contribution in [2.45, 2.75) is 39.5 Å². The second-order valence-electron chi connectivity index (χ2n) is 8.22. The number of fused-ring (bicyclic) bond motifs is 3. The van der Waals surface area contributed by atoms with E-state index in [2.05, 4.69) is 15.6 Å². The number of aromatic amines is 1. The molecule has 1 aromatic heterocycles. The van der Waals surface area contributed by atoms with E-state index in [1.165, 1.54) is 17.7 Å². The van der Waals surface area contributed by atoms with E-state index >= 15 is 0 Å². The van der Waals surface area contributed by atoms with E-state index in [1.807, 2.05) is 44.2 Å². The Kier molecular flexibility index (Phi) is 6.25. The van der Waals surface area contributed by atoms with Crippen molar-refractivity contribution in [3.05, 3.63) is 64.3 Å². The number of esters is 1. The molecule has 0 saturated carbocycles. The Morgan fingerprint density at radius 2 is 1.75 bits per heavy atom. The molecular formula is C25H27N3O4. The molecule has 1 aliphatic rings. The fourth-order valence-corrected chi connectivity index (χ4v) is 4.17. The van der Waals surface area contributed by atoms with Gasteiger partial charge in [-0.3, -0.25) is 9.59 Å². The number of para-hydroxylation sites is 1. The lowest BCUT2D eigenvalue weighted by Crippen LogP contribution is -2.35. The average Bonchev–Trinajstić information content (AvgIpc) is 3.16. The average molecular weight is 434 g/mol. The summed E-state index contributed by atoms with van der Waals surface area (Å²) in [5, 5.41) is 6.32. The van der Waals surface area contributed by atoms with Gasteiger partial charge in [0.15, 0.2) is 6.61 Å². The van der Waals surface area contributed by atoms with E-state index in [9.17, 15) is 14.4 Å². The molecule has 2 amide bonds. The van der Waals surface area contributed by atoms with Crippen molar-refractivity contribution in [3.63, 3.8) is 0 Å². The zero-order valence-electron chi connectivity index (χ0n) is 18.3. The largest absolute Gasteiger partial charge is 0.452 e. The van der Waals surface area contributed by atoms with Gasteiger partial charge in [0.2, 0.25) is 5.91 Å². The minimum absolute atomic E-state index is 0.203. The Morgan fingerprint density at radius 1 is 1.00 bits per heavy atom. The second kappa shape index (κ2) is 9.26. The first kappa shape index (κ1) is 21.6. The standard InChI is InChI=1S/C25H27N3O4/c1-15-6-5-7-16(2)24(15)28-22(29)13-26-23(30)14-32-25(31)17-10-11-21-19(12-17)18-8-3-4-9-20(18)27-21/h5-7,10-12,27H,3-4,8-9,13-14H2,1-2H3,(H,26,30)(H,28,29). The van der Waals surface area contributed by atoms with Crippen LogP contribution < -0.4 is 10.6 Å². The minimum atomic E-state index is -0.562. The first-order chi connectivity index (χ1) is 15.4. The summed E-state index contributed by atoms with van der Waals surface area (Å²) in [4.78, 5) is 40.1. The molecule has 0 saturated heterocycles. The predicted octanol–water partition coefficient (Wildman–Crippen LogP) is 3.58. The van der Waals surface area contributed by atoms with Crippen molar-refractivity contribution in [2.24, 2.45) is 0 Å². The maximum atomic E-state index is 12.4. The Hall–Kier alpha value is -3.61. The summed E-state index contributed by atoms with van der Waals surface area (Å²) >= 11 is 0. The molecule has 166 valence electrons. The maximum absolute atomic E-state index is 12.4. The lowest BCUT2D eigenvalue weighted by Gasteiger charge is -2.12. The van der Waals surface area contributed by atoms with Gasteiger partial charge in [0, 0.05) is 22.3 Å². The third-order valence-electron chi connectivity index (χ3n) is 5.86. The SMILES string of the molecule is Cc1cccc(C)c1NC(=O)CNC(=O)COC(=O)c1ccc2[nH]c3c(c2c1)CCCC3. The van der Waals surface area contributed by atoms with E-state index < -0.39 is 18.5 Å². The van der Waals surface area contributed by atoms with E-state index in [0.29, 0.717) is 5.56 Å². The first-order valence-corrected chi connectivity index (χ1v) is 10.9. The van der Waals surface area contributed by atoms with Crippen molar-refractivity contribution >= 4 is 34.4 Å². The zero-order valence-corrected chi connectivity index (χ0v) is 18.3. The number of amides is 2. The number of carbonyl (C=O) groups excluding carboxylic acids is 3. The molecule has 2 aromatic carbocycles. The summed E-state index contributed by atoms with van der Waals surface area (Å²) in [7, 11) is 0. The van der Waals surface area contributed by atoms with Gasteiger partial charge in [0.1, 0.15) is 0 Å². The number of H-pyrrole nitrogens is 1. The lowest BCUT2D eigenvalue weighted by molar-refractivity contribution is -0.126. The highest BCUT2D eigenvalue weighted by molar-refractivity contribution is 5.98. The number of hydrogen-bond donors (Lipinski definition) is 3. The number of ether oxygens (including phenoxy) is 1. The Morgan fingerprint density at radius 3 is 2.53 bits per heavy atom. The molecule has 0 fully saturated rings. The fourth-order valence-electron chi connectivity index (χ4n) is 4.17. The van der Waals surface area contributed by atoms with Gasteiger partial charge in [0.25, 0.3) is 5.91 Å². The van der Waals surface area contributed by atoms with Crippen molar-refractivity contribution < 1.29 is 19.1 Å². The van der Waals surface area contributed by atoms with Crippen LogP contribution in [-0.2, 0) is 27.2 Å². The van der Waals surface area contributed by atoms with Crippen molar-refractivity contribution in [1.82, 2.24) is 10.3 Å². The highest BCUT2D eigenvalue weighted by atomic mass is 16.5. The normalized spacial score (nSPS) is 12.8. The lowest BCUT2D eigenvalue weighted by atomic mass is 9.95. The third-order valence-corrected chi connectivity index (χ3v) is 5.86. The summed E-state index contributed by atoms with van der Waals surface area (Å²) in [6.07, 6.45) is 4.35. The van der Waals surface area contributed by atoms with Crippen LogP contribution in [0.2, 0.25) is 0 Å². The van der Waals surface area contributed by atoms with Gasteiger partial charge in [0.05, 0.1) is 12.1 Å². The number of rotatable bonds is 6. The molecule has 0 atom stereocenters. The van der Waals surface area contributed by atoms with Crippen LogP contribution in [-0.4, -0.2) is 35.9 Å². The molecule has 3 aromatic rings. The molecule has 0 unspecified atom stereocenters. The maximum Gasteiger partial charge on any atom is 0.338 e. The van der Waals surface area contributed by atoms with Crippen LogP contribution in [0, 0.1) is 13.8 Å². The van der Waals surface area contributed by atoms with Crippen molar-refractivity contribution in [2.75, 3.05) is 18.5 Å². The first-order valence-electron chi connectivity index (χ1n) is 10.9. The Labute approximate surface area is 186 Å². The van der Waals surface area contributed by atoms with Gasteiger partial charge >= 0.3 is 5.97 Å². The summed E-state index contributed by atoms with van der Waals surface area (Å²) < 4.78 is 5.16. The molecule has 0 spiro atoms. The molecule has 1 aliphatic carbocycles. The third kappa shape index (κ3) is 4.66. The van der Waals surface area contributed by atoms with Crippen LogP contribution >= 0.6 is 0 Å². The van der Waals surface area contributed by atoms with E-state index in [0.717, 1.165) is 47.0 Å². The van der Waals surface area contributed by atoms with Gasteiger partial charge in [-0.15, -0.1) is 0 Å². The fraction of sp³-hybridized carbons (Fsp3) is 0.320. The quantitative estimate of drug-likeness (QED) is 0.517. The number of aromatic nitrogens is 1. The number of nitrogens with one attached hydrogen (secondary N) is 3. The predicted molar refractivity (Wildman–Crippen MR) is 123 cm³/mol. The molecule has 3 N–H and O–H groups in total. The van der Waals surface area contributed by atoms with Crippen LogP contribution in [0.4, 0.5) is 5.69 Å². The van der Waals surface area contributed by atoms with Crippen molar-refractivity contribution in [1.29, 1.82) is 0 Å². The highest BCUT2D eigenvalue weighted by Crippen LogP contribution is 2.29. The minimum Gasteiger partial charge on any atom is -0.452 e. The Bertz CT molecular complexity index is 1180. The summed E-state index contributed by atoms with van der Waals surface area (Å²) in [5.74, 6) is -1.44. The Balaban J connectivity index is 1.29. The van der Waals surface area contributed by atoms with Crippen LogP contribution in [0.1, 0.15) is 45.6 Å². The summed E-state index contributed by atoms with van der Waals surface area (Å²) in [6, 6.07) is 11.1. The number of carbonyl (C=O) groups is 3. The van der Waals surface area contributed by atoms with Crippen molar-refractivity contribution in [3.8, 4) is 0 Å². The van der Waals surface area contributed by atoms with Crippen LogP contribution in [0.3, 0.4) is 0 Å². The van der Waals surface area contributed by atoms with Gasteiger partial charge in [-0.1, -0.05) is 18.2 Å². The molecule has 1 heterocycles. The molecule has 4 rings (SSSR count).